The molecule has 1 fully saturated rings. The number of ether oxygens (including phenoxy) is 1. The van der Waals surface area contributed by atoms with Crippen LogP contribution in [0.1, 0.15) is 76.8 Å². The van der Waals surface area contributed by atoms with E-state index in [4.69, 9.17) is 10.5 Å². The zero-order chi connectivity index (χ0) is 32.6. The Hall–Kier alpha value is -3.76. The van der Waals surface area contributed by atoms with Crippen LogP contribution in [0, 0.1) is 11.7 Å². The maximum Gasteiger partial charge on any atom is 0.329 e. The van der Waals surface area contributed by atoms with Crippen molar-refractivity contribution in [1.82, 2.24) is 20.5 Å². The number of hydrogen-bond donors (Lipinski definition) is 4. The number of amides is 2. The Kier molecular flexibility index (Phi) is 11.7. The number of carbonyl (C=O) groups is 3. The van der Waals surface area contributed by atoms with E-state index in [1.807, 2.05) is 43.5 Å². The van der Waals surface area contributed by atoms with E-state index in [1.54, 1.807) is 26.8 Å². The second-order valence-corrected chi connectivity index (χ2v) is 13.1. The number of H-pyrrole nitrogens is 1. The van der Waals surface area contributed by atoms with E-state index in [9.17, 15) is 18.8 Å². The van der Waals surface area contributed by atoms with Gasteiger partial charge in [-0.05, 0) is 95.3 Å². The van der Waals surface area contributed by atoms with Crippen LogP contribution in [0.3, 0.4) is 0 Å². The molecule has 1 aromatic heterocycles. The molecule has 0 radical (unpaired) electrons. The van der Waals surface area contributed by atoms with Gasteiger partial charge in [-0.3, -0.25) is 14.5 Å². The van der Waals surface area contributed by atoms with E-state index in [0.29, 0.717) is 45.3 Å². The molecule has 2 amide bonds. The lowest BCUT2D eigenvalue weighted by atomic mass is 9.90. The Morgan fingerprint density at radius 1 is 1.11 bits per heavy atom. The highest BCUT2D eigenvalue weighted by molar-refractivity contribution is 5.93. The fourth-order valence-electron chi connectivity index (χ4n) is 6.02. The predicted molar refractivity (Wildman–Crippen MR) is 174 cm³/mol. The molecule has 45 heavy (non-hydrogen) atoms. The van der Waals surface area contributed by atoms with Gasteiger partial charge in [0.2, 0.25) is 11.8 Å². The summed E-state index contributed by atoms with van der Waals surface area (Å²) < 4.78 is 19.4. The van der Waals surface area contributed by atoms with Crippen molar-refractivity contribution < 1.29 is 23.5 Å². The SMILES string of the molecule is C[C@@H](c1c[nH]c2ccccc12)[C@H](NC(=O)C1CCCN(Cc2cccc(F)c2)C1)C(=O)N[C@@H](CCCCN)C(=O)OC(C)(C)C. The Labute approximate surface area is 265 Å². The number of aromatic amines is 1. The lowest BCUT2D eigenvalue weighted by Crippen LogP contribution is -2.56. The van der Waals surface area contributed by atoms with Gasteiger partial charge in [0.15, 0.2) is 0 Å². The minimum Gasteiger partial charge on any atom is -0.458 e. The Balaban J connectivity index is 1.55. The number of para-hydroxylation sites is 1. The van der Waals surface area contributed by atoms with Crippen LogP contribution in [0.4, 0.5) is 4.39 Å². The van der Waals surface area contributed by atoms with Gasteiger partial charge in [0.05, 0.1) is 5.92 Å². The molecule has 9 nitrogen and oxygen atoms in total. The number of aromatic nitrogens is 1. The Bertz CT molecular complexity index is 1450. The van der Waals surface area contributed by atoms with Crippen LogP contribution in [-0.2, 0) is 25.7 Å². The van der Waals surface area contributed by atoms with Crippen LogP contribution in [-0.4, -0.2) is 65.0 Å². The number of rotatable bonds is 13. The summed E-state index contributed by atoms with van der Waals surface area (Å²) in [6.45, 7) is 9.58. The Morgan fingerprint density at radius 2 is 1.89 bits per heavy atom. The van der Waals surface area contributed by atoms with Crippen LogP contribution in [0.5, 0.6) is 0 Å². The highest BCUT2D eigenvalue weighted by Gasteiger charge is 2.36. The first-order valence-electron chi connectivity index (χ1n) is 16.0. The summed E-state index contributed by atoms with van der Waals surface area (Å²) in [4.78, 5) is 46.5. The van der Waals surface area contributed by atoms with E-state index in [-0.39, 0.29) is 17.6 Å². The van der Waals surface area contributed by atoms with Crippen LogP contribution < -0.4 is 16.4 Å². The van der Waals surface area contributed by atoms with Crippen LogP contribution in [0.25, 0.3) is 10.9 Å². The first kappa shape index (κ1) is 34.1. The van der Waals surface area contributed by atoms with Gasteiger partial charge in [-0.25, -0.2) is 9.18 Å². The summed E-state index contributed by atoms with van der Waals surface area (Å²) in [5, 5.41) is 6.95. The fraction of sp³-hybridized carbons (Fsp3) is 0.514. The fourth-order valence-corrected chi connectivity index (χ4v) is 6.02. The molecule has 2 heterocycles. The summed E-state index contributed by atoms with van der Waals surface area (Å²) in [7, 11) is 0. The maximum atomic E-state index is 14.1. The zero-order valence-corrected chi connectivity index (χ0v) is 26.9. The Morgan fingerprint density at radius 3 is 2.62 bits per heavy atom. The standard InChI is InChI=1S/C35H48FN5O4/c1-23(28-20-38-29-15-6-5-14-27(28)29)31(33(43)39-30(16-7-8-17-37)34(44)45-35(2,3)4)40-32(42)25-12-10-18-41(22-25)21-24-11-9-13-26(36)19-24/h5-6,9,11,13-15,19-20,23,25,30-31,38H,7-8,10,12,16-18,21-22,37H2,1-4H3,(H,39,43)(H,40,42)/t23-,25?,30-,31-/m0/s1. The van der Waals surface area contributed by atoms with E-state index >= 15 is 0 Å². The maximum absolute atomic E-state index is 14.1. The third-order valence-electron chi connectivity index (χ3n) is 8.32. The van der Waals surface area contributed by atoms with Crippen molar-refractivity contribution in [3.8, 4) is 0 Å². The minimum atomic E-state index is -0.949. The van der Waals surface area contributed by atoms with Gasteiger partial charge < -0.3 is 26.1 Å². The molecule has 0 bridgehead atoms. The average Bonchev–Trinajstić information content (AvgIpc) is 3.42. The summed E-state index contributed by atoms with van der Waals surface area (Å²) in [5.41, 5.74) is 7.64. The van der Waals surface area contributed by atoms with E-state index < -0.39 is 35.5 Å². The largest absolute Gasteiger partial charge is 0.458 e. The number of benzene rings is 2. The van der Waals surface area contributed by atoms with Gasteiger partial charge in [0.1, 0.15) is 23.5 Å². The number of halogens is 1. The van der Waals surface area contributed by atoms with Gasteiger partial charge in [-0.2, -0.15) is 0 Å². The molecule has 1 aliphatic rings. The number of piperidine rings is 1. The van der Waals surface area contributed by atoms with E-state index in [1.165, 1.54) is 12.1 Å². The molecule has 1 saturated heterocycles. The molecule has 5 N–H and O–H groups in total. The number of fused-ring (bicyclic) bond motifs is 1. The topological polar surface area (TPSA) is 130 Å². The van der Waals surface area contributed by atoms with Gasteiger partial charge in [-0.15, -0.1) is 0 Å². The van der Waals surface area contributed by atoms with Gasteiger partial charge in [0.25, 0.3) is 0 Å². The number of unbranched alkanes of at least 4 members (excludes halogenated alkanes) is 1. The third-order valence-corrected chi connectivity index (χ3v) is 8.32. The lowest BCUT2D eigenvalue weighted by Gasteiger charge is -2.34. The molecule has 0 aliphatic carbocycles. The van der Waals surface area contributed by atoms with E-state index in [2.05, 4.69) is 20.5 Å². The van der Waals surface area contributed by atoms with Crippen molar-refractivity contribution in [2.75, 3.05) is 19.6 Å². The van der Waals surface area contributed by atoms with Gasteiger partial charge >= 0.3 is 5.97 Å². The number of nitrogens with two attached hydrogens (primary N) is 1. The molecule has 2 aromatic carbocycles. The molecule has 0 spiro atoms. The number of hydrogen-bond acceptors (Lipinski definition) is 6. The second-order valence-electron chi connectivity index (χ2n) is 13.1. The van der Waals surface area contributed by atoms with Crippen LogP contribution in [0.2, 0.25) is 0 Å². The van der Waals surface area contributed by atoms with Gasteiger partial charge in [-0.1, -0.05) is 37.3 Å². The second kappa shape index (κ2) is 15.5. The summed E-state index contributed by atoms with van der Waals surface area (Å²) in [6.07, 6.45) is 5.08. The van der Waals surface area contributed by atoms with Crippen LogP contribution in [0.15, 0.2) is 54.7 Å². The highest BCUT2D eigenvalue weighted by Crippen LogP contribution is 2.29. The van der Waals surface area contributed by atoms with Crippen LogP contribution >= 0.6 is 0 Å². The molecule has 244 valence electrons. The smallest absolute Gasteiger partial charge is 0.329 e. The normalized spacial score (nSPS) is 17.8. The minimum absolute atomic E-state index is 0.220. The first-order chi connectivity index (χ1) is 21.4. The lowest BCUT2D eigenvalue weighted by molar-refractivity contribution is -0.159. The number of nitrogens with zero attached hydrogens (tertiary/aromatic N) is 1. The predicted octanol–water partition coefficient (Wildman–Crippen LogP) is 4.76. The molecule has 4 atom stereocenters. The number of likely N-dealkylation sites (tertiary alicyclic amines) is 1. The molecular weight excluding hydrogens is 573 g/mol. The molecule has 4 rings (SSSR count). The number of esters is 1. The monoisotopic (exact) mass is 621 g/mol. The summed E-state index contributed by atoms with van der Waals surface area (Å²) in [5.74, 6) is -2.23. The number of nitrogens with one attached hydrogen (secondary N) is 3. The average molecular weight is 622 g/mol. The molecule has 1 unspecified atom stereocenters. The van der Waals surface area contributed by atoms with E-state index in [0.717, 1.165) is 35.0 Å². The quantitative estimate of drug-likeness (QED) is 0.161. The van der Waals surface area contributed by atoms with Crippen molar-refractivity contribution in [2.45, 2.75) is 89.9 Å². The third kappa shape index (κ3) is 9.61. The van der Waals surface area contributed by atoms with Crippen molar-refractivity contribution in [2.24, 2.45) is 11.7 Å². The molecule has 10 heteroatoms. The van der Waals surface area contributed by atoms with Crippen molar-refractivity contribution in [3.05, 3.63) is 71.7 Å². The van der Waals surface area contributed by atoms with Gasteiger partial charge in [0, 0.05) is 36.1 Å². The molecule has 1 aliphatic heterocycles. The van der Waals surface area contributed by atoms with Crippen molar-refractivity contribution >= 4 is 28.7 Å². The summed E-state index contributed by atoms with van der Waals surface area (Å²) in [6, 6.07) is 12.5. The van der Waals surface area contributed by atoms with Crippen molar-refractivity contribution in [3.63, 3.8) is 0 Å². The van der Waals surface area contributed by atoms with Crippen molar-refractivity contribution in [1.29, 1.82) is 0 Å². The first-order valence-corrected chi connectivity index (χ1v) is 16.0. The molecule has 3 aromatic rings. The zero-order valence-electron chi connectivity index (χ0n) is 26.9. The number of carbonyl (C=O) groups excluding carboxylic acids is 3. The summed E-state index contributed by atoms with van der Waals surface area (Å²) >= 11 is 0. The highest BCUT2D eigenvalue weighted by atomic mass is 19.1. The molecular formula is C35H48FN5O4. The molecule has 0 saturated carbocycles.